The summed E-state index contributed by atoms with van der Waals surface area (Å²) in [6.07, 6.45) is 5.89. The minimum atomic E-state index is 0.606. The van der Waals surface area contributed by atoms with Gasteiger partial charge in [0.2, 0.25) is 0 Å². The van der Waals surface area contributed by atoms with Crippen LogP contribution in [0.15, 0.2) is 12.6 Å². The summed E-state index contributed by atoms with van der Waals surface area (Å²) in [5, 5.41) is 0.612. The fourth-order valence-corrected chi connectivity index (χ4v) is 3.54. The Morgan fingerprint density at radius 3 is 2.60 bits per heavy atom. The maximum atomic E-state index is 6.37. The third-order valence-electron chi connectivity index (χ3n) is 4.08. The number of aromatic nitrogens is 1. The average molecular weight is 293 g/mol. The lowest BCUT2D eigenvalue weighted by Crippen LogP contribution is -2.39. The molecule has 20 heavy (non-hydrogen) atoms. The van der Waals surface area contributed by atoms with Gasteiger partial charge in [0, 0.05) is 29.5 Å². The Balaban J connectivity index is 2.43. The first-order chi connectivity index (χ1) is 9.58. The highest BCUT2D eigenvalue weighted by Crippen LogP contribution is 2.40. The molecule has 1 aromatic rings. The van der Waals surface area contributed by atoms with E-state index in [1.807, 2.05) is 6.92 Å². The van der Waals surface area contributed by atoms with Gasteiger partial charge in [0.15, 0.2) is 0 Å². The van der Waals surface area contributed by atoms with Crippen molar-refractivity contribution >= 4 is 22.9 Å². The van der Waals surface area contributed by atoms with Crippen LogP contribution >= 0.6 is 11.6 Å². The lowest BCUT2D eigenvalue weighted by molar-refractivity contribution is 0.502. The second-order valence-electron chi connectivity index (χ2n) is 5.73. The molecule has 0 bridgehead atoms. The van der Waals surface area contributed by atoms with Crippen LogP contribution in [0.4, 0.5) is 5.69 Å². The molecule has 0 spiro atoms. The molecule has 0 aliphatic carbocycles. The fraction of sp³-hybridized carbons (Fsp3) is 0.588. The van der Waals surface area contributed by atoms with Crippen LogP contribution in [-0.4, -0.2) is 17.6 Å². The molecule has 0 atom stereocenters. The maximum Gasteiger partial charge on any atom is 0.138 e. The topological polar surface area (TPSA) is 16.1 Å². The molecule has 0 fully saturated rings. The lowest BCUT2D eigenvalue weighted by Gasteiger charge is -2.39. The van der Waals surface area contributed by atoms with Crippen LogP contribution < -0.4 is 4.90 Å². The molecule has 0 amide bonds. The molecule has 2 nitrogen and oxygen atoms in total. The van der Waals surface area contributed by atoms with E-state index in [2.05, 4.69) is 36.4 Å². The molecular weight excluding hydrogens is 268 g/mol. The van der Waals surface area contributed by atoms with Crippen molar-refractivity contribution in [1.29, 1.82) is 0 Å². The Hall–Kier alpha value is -1.02. The number of pyridine rings is 1. The standard InChI is InChI=1S/C17H25ClN2/c1-5-7-14(8-6-2)20-10-9-12(3)16-15(20)11-13(4)19-17(16)18/h11,14H,3,5-10H2,1-2,4H3. The summed E-state index contributed by atoms with van der Waals surface area (Å²) in [6, 6.07) is 2.78. The first kappa shape index (κ1) is 15.4. The number of rotatable bonds is 5. The third-order valence-corrected chi connectivity index (χ3v) is 4.36. The highest BCUT2D eigenvalue weighted by atomic mass is 35.5. The van der Waals surface area contributed by atoms with Crippen LogP contribution in [0.25, 0.3) is 5.57 Å². The molecular formula is C17H25ClN2. The van der Waals surface area contributed by atoms with Gasteiger partial charge >= 0.3 is 0 Å². The highest BCUT2D eigenvalue weighted by Gasteiger charge is 2.27. The summed E-state index contributed by atoms with van der Waals surface area (Å²) in [7, 11) is 0. The summed E-state index contributed by atoms with van der Waals surface area (Å²) >= 11 is 6.37. The largest absolute Gasteiger partial charge is 0.368 e. The average Bonchev–Trinajstić information content (AvgIpc) is 2.38. The van der Waals surface area contributed by atoms with Gasteiger partial charge in [0.1, 0.15) is 5.15 Å². The fourth-order valence-electron chi connectivity index (χ4n) is 3.17. The number of fused-ring (bicyclic) bond motifs is 1. The maximum absolute atomic E-state index is 6.37. The summed E-state index contributed by atoms with van der Waals surface area (Å²) in [5.74, 6) is 0. The van der Waals surface area contributed by atoms with Crippen LogP contribution in [0.5, 0.6) is 0 Å². The summed E-state index contributed by atoms with van der Waals surface area (Å²) in [5.41, 5.74) is 4.42. The zero-order valence-electron chi connectivity index (χ0n) is 12.9. The smallest absolute Gasteiger partial charge is 0.138 e. The number of hydrogen-bond donors (Lipinski definition) is 0. The number of aryl methyl sites for hydroxylation is 1. The molecule has 1 aromatic heterocycles. The van der Waals surface area contributed by atoms with Crippen LogP contribution in [0.1, 0.15) is 57.2 Å². The zero-order valence-corrected chi connectivity index (χ0v) is 13.6. The molecule has 0 radical (unpaired) electrons. The molecule has 110 valence electrons. The molecule has 0 saturated heterocycles. The minimum Gasteiger partial charge on any atom is -0.368 e. The van der Waals surface area contributed by atoms with Crippen molar-refractivity contribution in [3.05, 3.63) is 29.1 Å². The molecule has 0 N–H and O–H groups in total. The van der Waals surface area contributed by atoms with Gasteiger partial charge in [-0.25, -0.2) is 4.98 Å². The first-order valence-electron chi connectivity index (χ1n) is 7.70. The van der Waals surface area contributed by atoms with E-state index in [1.54, 1.807) is 0 Å². The van der Waals surface area contributed by atoms with E-state index in [0.29, 0.717) is 11.2 Å². The van der Waals surface area contributed by atoms with Crippen molar-refractivity contribution in [2.45, 2.75) is 58.9 Å². The van der Waals surface area contributed by atoms with Crippen LogP contribution in [0.3, 0.4) is 0 Å². The quantitative estimate of drug-likeness (QED) is 0.690. The molecule has 0 unspecified atom stereocenters. The Morgan fingerprint density at radius 1 is 1.35 bits per heavy atom. The van der Waals surface area contributed by atoms with Gasteiger partial charge in [-0.1, -0.05) is 44.9 Å². The van der Waals surface area contributed by atoms with E-state index >= 15 is 0 Å². The summed E-state index contributed by atoms with van der Waals surface area (Å²) in [4.78, 5) is 6.94. The van der Waals surface area contributed by atoms with Crippen molar-refractivity contribution in [2.75, 3.05) is 11.4 Å². The number of anilines is 1. The van der Waals surface area contributed by atoms with Gasteiger partial charge < -0.3 is 4.90 Å². The Morgan fingerprint density at radius 2 is 2.00 bits per heavy atom. The summed E-state index contributed by atoms with van der Waals surface area (Å²) < 4.78 is 0. The van der Waals surface area contributed by atoms with Gasteiger partial charge in [0.25, 0.3) is 0 Å². The van der Waals surface area contributed by atoms with Gasteiger partial charge in [-0.2, -0.15) is 0 Å². The molecule has 1 aliphatic heterocycles. The monoisotopic (exact) mass is 292 g/mol. The predicted molar refractivity (Wildman–Crippen MR) is 88.6 cm³/mol. The van der Waals surface area contributed by atoms with Crippen molar-refractivity contribution in [3.8, 4) is 0 Å². The third kappa shape index (κ3) is 3.01. The lowest BCUT2D eigenvalue weighted by atomic mass is 9.94. The van der Waals surface area contributed by atoms with E-state index in [9.17, 15) is 0 Å². The van der Waals surface area contributed by atoms with Crippen molar-refractivity contribution in [2.24, 2.45) is 0 Å². The summed E-state index contributed by atoms with van der Waals surface area (Å²) in [6.45, 7) is 11.8. The van der Waals surface area contributed by atoms with E-state index in [1.165, 1.54) is 31.4 Å². The van der Waals surface area contributed by atoms with Gasteiger partial charge in [0.05, 0.1) is 0 Å². The van der Waals surface area contributed by atoms with E-state index in [0.717, 1.165) is 29.8 Å². The molecule has 1 aliphatic rings. The van der Waals surface area contributed by atoms with Crippen LogP contribution in [0.2, 0.25) is 5.15 Å². The van der Waals surface area contributed by atoms with Crippen molar-refractivity contribution in [3.63, 3.8) is 0 Å². The van der Waals surface area contributed by atoms with Gasteiger partial charge in [-0.15, -0.1) is 0 Å². The van der Waals surface area contributed by atoms with Gasteiger partial charge in [-0.05, 0) is 37.8 Å². The number of halogens is 1. The molecule has 3 heteroatoms. The SMILES string of the molecule is C=C1CCN(C(CCC)CCC)c2cc(C)nc(Cl)c21. The first-order valence-corrected chi connectivity index (χ1v) is 8.08. The number of hydrogen-bond acceptors (Lipinski definition) is 2. The Kier molecular flexibility index (Phi) is 5.09. The Bertz CT molecular complexity index is 490. The second-order valence-corrected chi connectivity index (χ2v) is 6.08. The van der Waals surface area contributed by atoms with E-state index in [-0.39, 0.29) is 0 Å². The van der Waals surface area contributed by atoms with Crippen molar-refractivity contribution < 1.29 is 0 Å². The molecule has 2 rings (SSSR count). The Labute approximate surface area is 127 Å². The van der Waals surface area contributed by atoms with E-state index < -0.39 is 0 Å². The van der Waals surface area contributed by atoms with E-state index in [4.69, 9.17) is 11.6 Å². The van der Waals surface area contributed by atoms with Crippen molar-refractivity contribution in [1.82, 2.24) is 4.98 Å². The van der Waals surface area contributed by atoms with Crippen LogP contribution in [-0.2, 0) is 0 Å². The predicted octanol–water partition coefficient (Wildman–Crippen LogP) is 5.24. The molecule has 0 aromatic carbocycles. The molecule has 0 saturated carbocycles. The highest BCUT2D eigenvalue weighted by molar-refractivity contribution is 6.31. The minimum absolute atomic E-state index is 0.606. The zero-order chi connectivity index (χ0) is 14.7. The van der Waals surface area contributed by atoms with Crippen LogP contribution in [0, 0.1) is 6.92 Å². The second kappa shape index (κ2) is 6.62. The van der Waals surface area contributed by atoms with Gasteiger partial charge in [-0.3, -0.25) is 0 Å². The normalized spacial score (nSPS) is 14.8. The molecule has 2 heterocycles. The number of nitrogens with zero attached hydrogens (tertiary/aromatic N) is 2.